The predicted molar refractivity (Wildman–Crippen MR) is 69.3 cm³/mol. The number of nitrogens with one attached hydrogen (secondary N) is 1. The summed E-state index contributed by atoms with van der Waals surface area (Å²) in [5.41, 5.74) is 2.03. The fourth-order valence-electron chi connectivity index (χ4n) is 1.56. The van der Waals surface area contributed by atoms with E-state index in [4.69, 9.17) is 23.2 Å². The van der Waals surface area contributed by atoms with Gasteiger partial charge in [-0.15, -0.1) is 11.6 Å². The first-order chi connectivity index (χ1) is 7.70. The molecule has 3 nitrogen and oxygen atoms in total. The van der Waals surface area contributed by atoms with Gasteiger partial charge in [-0.1, -0.05) is 18.5 Å². The maximum Gasteiger partial charge on any atom is 0.0863 e. The molecule has 1 aromatic rings. The number of hydrogen-bond acceptors (Lipinski definition) is 2. The Morgan fingerprint density at radius 3 is 2.69 bits per heavy atom. The normalized spacial score (nSPS) is 11.0. The first-order valence-electron chi connectivity index (χ1n) is 5.67. The van der Waals surface area contributed by atoms with E-state index in [1.165, 1.54) is 0 Å². The van der Waals surface area contributed by atoms with Crippen LogP contribution in [0.25, 0.3) is 0 Å². The van der Waals surface area contributed by atoms with Crippen LogP contribution in [0.5, 0.6) is 0 Å². The predicted octanol–water partition coefficient (Wildman–Crippen LogP) is 2.74. The number of alkyl halides is 1. The maximum atomic E-state index is 6.23. The Morgan fingerprint density at radius 2 is 2.12 bits per heavy atom. The molecule has 0 amide bonds. The van der Waals surface area contributed by atoms with Gasteiger partial charge < -0.3 is 5.32 Å². The standard InChI is InChI=1S/C11H19Cl2N3/c1-3-9-11(13)10(16(2)15-9)8-14-7-5-4-6-12/h14H,3-8H2,1-2H3. The van der Waals surface area contributed by atoms with E-state index in [-0.39, 0.29) is 0 Å². The third-order valence-corrected chi connectivity index (χ3v) is 3.24. The van der Waals surface area contributed by atoms with Gasteiger partial charge in [0.15, 0.2) is 0 Å². The number of hydrogen-bond donors (Lipinski definition) is 1. The van der Waals surface area contributed by atoms with Crippen molar-refractivity contribution in [3.05, 3.63) is 16.4 Å². The second-order valence-corrected chi connectivity index (χ2v) is 4.51. The molecule has 1 aromatic heterocycles. The second kappa shape index (κ2) is 7.15. The van der Waals surface area contributed by atoms with Gasteiger partial charge in [0.05, 0.1) is 16.4 Å². The Labute approximate surface area is 107 Å². The van der Waals surface area contributed by atoms with Crippen LogP contribution >= 0.6 is 23.2 Å². The molecule has 0 saturated carbocycles. The van der Waals surface area contributed by atoms with Gasteiger partial charge in [-0.3, -0.25) is 4.68 Å². The highest BCUT2D eigenvalue weighted by Gasteiger charge is 2.11. The SMILES string of the molecule is CCc1nn(C)c(CNCCCCCl)c1Cl. The lowest BCUT2D eigenvalue weighted by molar-refractivity contribution is 0.602. The lowest BCUT2D eigenvalue weighted by atomic mass is 10.3. The van der Waals surface area contributed by atoms with Crippen LogP contribution in [-0.4, -0.2) is 22.2 Å². The molecule has 1 N–H and O–H groups in total. The molecule has 1 heterocycles. The Morgan fingerprint density at radius 1 is 1.38 bits per heavy atom. The molecular weight excluding hydrogens is 245 g/mol. The molecule has 16 heavy (non-hydrogen) atoms. The van der Waals surface area contributed by atoms with Crippen LogP contribution in [0.1, 0.15) is 31.2 Å². The largest absolute Gasteiger partial charge is 0.311 e. The molecule has 0 saturated heterocycles. The van der Waals surface area contributed by atoms with Crippen LogP contribution in [0, 0.1) is 0 Å². The maximum absolute atomic E-state index is 6.23. The number of unbranched alkanes of at least 4 members (excludes halogenated alkanes) is 1. The zero-order valence-corrected chi connectivity index (χ0v) is 11.4. The van der Waals surface area contributed by atoms with Gasteiger partial charge in [0.1, 0.15) is 0 Å². The molecular formula is C11H19Cl2N3. The van der Waals surface area contributed by atoms with E-state index < -0.39 is 0 Å². The molecule has 0 fully saturated rings. The first-order valence-corrected chi connectivity index (χ1v) is 6.58. The van der Waals surface area contributed by atoms with Crippen LogP contribution in [-0.2, 0) is 20.0 Å². The molecule has 0 aliphatic heterocycles. The average Bonchev–Trinajstić information content (AvgIpc) is 2.55. The second-order valence-electron chi connectivity index (χ2n) is 3.76. The molecule has 0 bridgehead atoms. The van der Waals surface area contributed by atoms with Crippen molar-refractivity contribution in [2.24, 2.45) is 7.05 Å². The Kier molecular flexibility index (Phi) is 6.17. The van der Waals surface area contributed by atoms with Gasteiger partial charge in [0.2, 0.25) is 0 Å². The Balaban J connectivity index is 2.44. The Bertz CT molecular complexity index is 323. The number of nitrogens with zero attached hydrogens (tertiary/aromatic N) is 2. The summed E-state index contributed by atoms with van der Waals surface area (Å²) in [7, 11) is 1.93. The molecule has 0 radical (unpaired) electrons. The van der Waals surface area contributed by atoms with E-state index in [1.54, 1.807) is 0 Å². The first kappa shape index (κ1) is 13.8. The number of aryl methyl sites for hydroxylation is 2. The molecule has 0 aliphatic carbocycles. The number of halogens is 2. The summed E-state index contributed by atoms with van der Waals surface area (Å²) in [4.78, 5) is 0. The van der Waals surface area contributed by atoms with E-state index in [0.29, 0.717) is 0 Å². The molecule has 0 atom stereocenters. The summed E-state index contributed by atoms with van der Waals surface area (Å²) in [6.45, 7) is 3.80. The van der Waals surface area contributed by atoms with E-state index in [0.717, 1.165) is 54.6 Å². The smallest absolute Gasteiger partial charge is 0.0863 e. The van der Waals surface area contributed by atoms with Crippen LogP contribution in [0.4, 0.5) is 0 Å². The fourth-order valence-corrected chi connectivity index (χ4v) is 2.11. The quantitative estimate of drug-likeness (QED) is 0.606. The van der Waals surface area contributed by atoms with Crippen molar-refractivity contribution in [2.75, 3.05) is 12.4 Å². The third kappa shape index (κ3) is 3.65. The average molecular weight is 264 g/mol. The summed E-state index contributed by atoms with van der Waals surface area (Å²) >= 11 is 11.8. The van der Waals surface area contributed by atoms with Gasteiger partial charge in [0, 0.05) is 19.5 Å². The van der Waals surface area contributed by atoms with Crippen molar-refractivity contribution in [1.29, 1.82) is 0 Å². The fraction of sp³-hybridized carbons (Fsp3) is 0.727. The molecule has 0 aromatic carbocycles. The Hall–Kier alpha value is -0.250. The van der Waals surface area contributed by atoms with Crippen molar-refractivity contribution in [2.45, 2.75) is 32.7 Å². The highest BCUT2D eigenvalue weighted by Crippen LogP contribution is 2.20. The summed E-state index contributed by atoms with van der Waals surface area (Å²) in [6.07, 6.45) is 3.02. The monoisotopic (exact) mass is 263 g/mol. The topological polar surface area (TPSA) is 29.9 Å². The summed E-state index contributed by atoms with van der Waals surface area (Å²) < 4.78 is 1.86. The zero-order valence-electron chi connectivity index (χ0n) is 9.89. The zero-order chi connectivity index (χ0) is 12.0. The molecule has 0 aliphatic rings. The molecule has 0 spiro atoms. The van der Waals surface area contributed by atoms with E-state index in [9.17, 15) is 0 Å². The van der Waals surface area contributed by atoms with Gasteiger partial charge in [-0.25, -0.2) is 0 Å². The van der Waals surface area contributed by atoms with Crippen molar-refractivity contribution >= 4 is 23.2 Å². The van der Waals surface area contributed by atoms with Gasteiger partial charge in [-0.05, 0) is 25.8 Å². The lowest BCUT2D eigenvalue weighted by Gasteiger charge is -2.05. The highest BCUT2D eigenvalue weighted by molar-refractivity contribution is 6.31. The van der Waals surface area contributed by atoms with Crippen LogP contribution in [0.3, 0.4) is 0 Å². The lowest BCUT2D eigenvalue weighted by Crippen LogP contribution is -2.17. The summed E-state index contributed by atoms with van der Waals surface area (Å²) in [5.74, 6) is 0.730. The van der Waals surface area contributed by atoms with Crippen molar-refractivity contribution < 1.29 is 0 Å². The minimum atomic E-state index is 0.730. The van der Waals surface area contributed by atoms with E-state index in [1.807, 2.05) is 11.7 Å². The van der Waals surface area contributed by atoms with Crippen LogP contribution < -0.4 is 5.32 Å². The summed E-state index contributed by atoms with van der Waals surface area (Å²) in [5, 5.41) is 8.52. The molecule has 0 unspecified atom stereocenters. The summed E-state index contributed by atoms with van der Waals surface area (Å²) in [6, 6.07) is 0. The van der Waals surface area contributed by atoms with E-state index >= 15 is 0 Å². The molecule has 92 valence electrons. The minimum absolute atomic E-state index is 0.730. The van der Waals surface area contributed by atoms with Gasteiger partial charge in [-0.2, -0.15) is 5.10 Å². The highest BCUT2D eigenvalue weighted by atomic mass is 35.5. The molecule has 5 heteroatoms. The number of rotatable bonds is 7. The van der Waals surface area contributed by atoms with E-state index in [2.05, 4.69) is 17.3 Å². The van der Waals surface area contributed by atoms with Crippen molar-refractivity contribution in [3.8, 4) is 0 Å². The molecule has 1 rings (SSSR count). The number of aromatic nitrogens is 2. The van der Waals surface area contributed by atoms with Gasteiger partial charge >= 0.3 is 0 Å². The third-order valence-electron chi connectivity index (χ3n) is 2.53. The van der Waals surface area contributed by atoms with Crippen LogP contribution in [0.15, 0.2) is 0 Å². The minimum Gasteiger partial charge on any atom is -0.311 e. The van der Waals surface area contributed by atoms with Crippen molar-refractivity contribution in [3.63, 3.8) is 0 Å². The van der Waals surface area contributed by atoms with Crippen molar-refractivity contribution in [1.82, 2.24) is 15.1 Å². The van der Waals surface area contributed by atoms with Crippen LogP contribution in [0.2, 0.25) is 5.02 Å². The van der Waals surface area contributed by atoms with Gasteiger partial charge in [0.25, 0.3) is 0 Å².